The summed E-state index contributed by atoms with van der Waals surface area (Å²) in [5.74, 6) is -1.59. The molecule has 0 aliphatic carbocycles. The maximum atomic E-state index is 13.5. The van der Waals surface area contributed by atoms with Crippen LogP contribution >= 0.6 is 0 Å². The summed E-state index contributed by atoms with van der Waals surface area (Å²) in [6, 6.07) is 5.62. The van der Waals surface area contributed by atoms with Gasteiger partial charge in [-0.25, -0.2) is 8.78 Å². The fourth-order valence-corrected chi connectivity index (χ4v) is 4.52. The molecular weight excluding hydrogens is 348 g/mol. The van der Waals surface area contributed by atoms with E-state index < -0.39 is 11.6 Å². The van der Waals surface area contributed by atoms with Gasteiger partial charge in [-0.05, 0) is 63.9 Å². The highest BCUT2D eigenvalue weighted by Gasteiger charge is 2.32. The molecule has 27 heavy (non-hydrogen) atoms. The Hall–Kier alpha value is -1.08. The number of benzene rings is 1. The van der Waals surface area contributed by atoms with Crippen molar-refractivity contribution in [3.05, 3.63) is 35.4 Å². The first-order valence-electron chi connectivity index (χ1n) is 10.2. The zero-order valence-corrected chi connectivity index (χ0v) is 16.6. The second-order valence-electron chi connectivity index (χ2n) is 8.24. The van der Waals surface area contributed by atoms with E-state index in [1.165, 1.54) is 25.0 Å². The topological polar surface area (TPSA) is 30.0 Å². The molecule has 3 rings (SSSR count). The summed E-state index contributed by atoms with van der Waals surface area (Å²) in [6.07, 6.45) is 3.12. The molecule has 2 aliphatic heterocycles. The molecule has 1 aromatic rings. The fourth-order valence-electron chi connectivity index (χ4n) is 4.52. The summed E-state index contributed by atoms with van der Waals surface area (Å²) in [5, 5.41) is 9.51. The molecular formula is C21H33F2N3O. The molecule has 1 unspecified atom stereocenters. The highest BCUT2D eigenvalue weighted by atomic mass is 19.2. The van der Waals surface area contributed by atoms with Gasteiger partial charge < -0.3 is 10.0 Å². The number of aliphatic hydroxyl groups excluding tert-OH is 1. The first-order valence-corrected chi connectivity index (χ1v) is 10.2. The third-order valence-electron chi connectivity index (χ3n) is 6.21. The first-order chi connectivity index (χ1) is 13.0. The van der Waals surface area contributed by atoms with E-state index in [-0.39, 0.29) is 12.6 Å². The van der Waals surface area contributed by atoms with E-state index in [2.05, 4.69) is 28.5 Å². The summed E-state index contributed by atoms with van der Waals surface area (Å²) in [6.45, 7) is 10.4. The average Bonchev–Trinajstić information content (AvgIpc) is 2.66. The Kier molecular flexibility index (Phi) is 7.20. The lowest BCUT2D eigenvalue weighted by Crippen LogP contribution is -2.57. The van der Waals surface area contributed by atoms with Crippen LogP contribution < -0.4 is 0 Å². The smallest absolute Gasteiger partial charge is 0.159 e. The number of halogens is 2. The molecule has 0 bridgehead atoms. The predicted molar refractivity (Wildman–Crippen MR) is 104 cm³/mol. The van der Waals surface area contributed by atoms with Crippen LogP contribution in [0, 0.1) is 11.6 Å². The average molecular weight is 382 g/mol. The summed E-state index contributed by atoms with van der Waals surface area (Å²) in [7, 11) is 0. The van der Waals surface area contributed by atoms with Crippen molar-refractivity contribution in [2.45, 2.75) is 57.8 Å². The third kappa shape index (κ3) is 5.25. The number of piperazine rings is 1. The monoisotopic (exact) mass is 381 g/mol. The van der Waals surface area contributed by atoms with Gasteiger partial charge in [0.1, 0.15) is 0 Å². The Balaban J connectivity index is 1.59. The maximum absolute atomic E-state index is 13.5. The quantitative estimate of drug-likeness (QED) is 0.821. The first kappa shape index (κ1) is 20.6. The van der Waals surface area contributed by atoms with Crippen molar-refractivity contribution in [2.24, 2.45) is 0 Å². The molecule has 1 atom stereocenters. The van der Waals surface area contributed by atoms with Gasteiger partial charge in [0.05, 0.1) is 0 Å². The van der Waals surface area contributed by atoms with E-state index in [0.717, 1.165) is 38.3 Å². The summed E-state index contributed by atoms with van der Waals surface area (Å²) < 4.78 is 26.7. The summed E-state index contributed by atoms with van der Waals surface area (Å²) in [5.41, 5.74) is 0.788. The highest BCUT2D eigenvalue weighted by molar-refractivity contribution is 5.18. The van der Waals surface area contributed by atoms with Crippen LogP contribution in [0.3, 0.4) is 0 Å². The molecule has 0 amide bonds. The van der Waals surface area contributed by atoms with Gasteiger partial charge in [0.15, 0.2) is 11.6 Å². The van der Waals surface area contributed by atoms with Crippen LogP contribution in [0.25, 0.3) is 0 Å². The van der Waals surface area contributed by atoms with Crippen molar-refractivity contribution in [1.82, 2.24) is 14.7 Å². The fraction of sp³-hybridized carbons (Fsp3) is 0.714. The van der Waals surface area contributed by atoms with E-state index in [4.69, 9.17) is 0 Å². The minimum atomic E-state index is -0.803. The van der Waals surface area contributed by atoms with Gasteiger partial charge in [-0.2, -0.15) is 0 Å². The van der Waals surface area contributed by atoms with Gasteiger partial charge in [-0.3, -0.25) is 9.80 Å². The van der Waals surface area contributed by atoms with E-state index in [0.29, 0.717) is 25.0 Å². The van der Waals surface area contributed by atoms with Crippen molar-refractivity contribution < 1.29 is 13.9 Å². The van der Waals surface area contributed by atoms with Gasteiger partial charge in [0, 0.05) is 50.9 Å². The number of aliphatic hydroxyl groups is 1. The molecule has 2 fully saturated rings. The highest BCUT2D eigenvalue weighted by Crippen LogP contribution is 2.24. The number of hydrogen-bond acceptors (Lipinski definition) is 4. The van der Waals surface area contributed by atoms with Crippen LogP contribution in [0.5, 0.6) is 0 Å². The lowest BCUT2D eigenvalue weighted by molar-refractivity contribution is 0.00985. The zero-order chi connectivity index (χ0) is 19.4. The van der Waals surface area contributed by atoms with Crippen molar-refractivity contribution in [3.8, 4) is 0 Å². The van der Waals surface area contributed by atoms with Crippen LogP contribution in [0.2, 0.25) is 0 Å². The Morgan fingerprint density at radius 2 is 1.81 bits per heavy atom. The van der Waals surface area contributed by atoms with Gasteiger partial charge >= 0.3 is 0 Å². The number of nitrogens with zero attached hydrogens (tertiary/aromatic N) is 3. The molecule has 4 nitrogen and oxygen atoms in total. The van der Waals surface area contributed by atoms with Crippen LogP contribution in [-0.2, 0) is 6.54 Å². The SMILES string of the molecule is CC(C)N1CCC(N2CCN(Cc3ccc(F)c(F)c3)C(CCO)C2)CC1. The number of piperidine rings is 1. The van der Waals surface area contributed by atoms with Gasteiger partial charge in [0.25, 0.3) is 0 Å². The third-order valence-corrected chi connectivity index (χ3v) is 6.21. The van der Waals surface area contributed by atoms with E-state index in [1.54, 1.807) is 6.07 Å². The Morgan fingerprint density at radius 1 is 1.07 bits per heavy atom. The molecule has 6 heteroatoms. The van der Waals surface area contributed by atoms with Gasteiger partial charge in [-0.15, -0.1) is 0 Å². The summed E-state index contributed by atoms with van der Waals surface area (Å²) >= 11 is 0. The molecule has 1 aromatic carbocycles. The number of hydrogen-bond donors (Lipinski definition) is 1. The Morgan fingerprint density at radius 3 is 2.44 bits per heavy atom. The molecule has 0 spiro atoms. The van der Waals surface area contributed by atoms with E-state index in [1.807, 2.05) is 0 Å². The number of likely N-dealkylation sites (tertiary alicyclic amines) is 1. The van der Waals surface area contributed by atoms with Crippen molar-refractivity contribution in [2.75, 3.05) is 39.3 Å². The van der Waals surface area contributed by atoms with Crippen LogP contribution in [0.4, 0.5) is 8.78 Å². The molecule has 0 saturated carbocycles. The van der Waals surface area contributed by atoms with Gasteiger partial charge in [-0.1, -0.05) is 6.07 Å². The standard InChI is InChI=1S/C21H33F2N3O/c1-16(2)24-8-5-18(6-9-24)26-11-10-25(19(15-26)7-12-27)14-17-3-4-20(22)21(23)13-17/h3-4,13,16,18-19,27H,5-12,14-15H2,1-2H3. The van der Waals surface area contributed by atoms with Crippen molar-refractivity contribution in [3.63, 3.8) is 0 Å². The van der Waals surface area contributed by atoms with Crippen LogP contribution in [0.1, 0.15) is 38.7 Å². The minimum absolute atomic E-state index is 0.151. The zero-order valence-electron chi connectivity index (χ0n) is 16.6. The normalized spacial score (nSPS) is 24.0. The number of rotatable bonds is 6. The Labute approximate surface area is 161 Å². The molecule has 0 radical (unpaired) electrons. The van der Waals surface area contributed by atoms with Crippen molar-refractivity contribution >= 4 is 0 Å². The van der Waals surface area contributed by atoms with E-state index in [9.17, 15) is 13.9 Å². The van der Waals surface area contributed by atoms with Gasteiger partial charge in [0.2, 0.25) is 0 Å². The molecule has 2 aliphatic rings. The largest absolute Gasteiger partial charge is 0.396 e. The lowest BCUT2D eigenvalue weighted by Gasteiger charge is -2.47. The molecule has 152 valence electrons. The second kappa shape index (κ2) is 9.41. The lowest BCUT2D eigenvalue weighted by atomic mass is 9.98. The molecule has 2 heterocycles. The van der Waals surface area contributed by atoms with Crippen LogP contribution in [0.15, 0.2) is 18.2 Å². The van der Waals surface area contributed by atoms with E-state index >= 15 is 0 Å². The van der Waals surface area contributed by atoms with Crippen molar-refractivity contribution in [1.29, 1.82) is 0 Å². The summed E-state index contributed by atoms with van der Waals surface area (Å²) in [4.78, 5) is 7.43. The predicted octanol–water partition coefficient (Wildman–Crippen LogP) is 2.71. The maximum Gasteiger partial charge on any atom is 0.159 e. The molecule has 0 aromatic heterocycles. The van der Waals surface area contributed by atoms with Crippen LogP contribution in [-0.4, -0.2) is 77.3 Å². The Bertz CT molecular complexity index is 605. The minimum Gasteiger partial charge on any atom is -0.396 e. The molecule has 2 saturated heterocycles. The second-order valence-corrected chi connectivity index (χ2v) is 8.24. The molecule has 1 N–H and O–H groups in total.